The molecular formula is C144H92. The summed E-state index contributed by atoms with van der Waals surface area (Å²) in [7, 11) is 0. The summed E-state index contributed by atoms with van der Waals surface area (Å²) in [6.45, 7) is 0. The maximum Gasteiger partial charge on any atom is -0.00197 e. The molecule has 144 heavy (non-hydrogen) atoms. The first-order valence-corrected chi connectivity index (χ1v) is 50.0. The molecule has 0 atom stereocenters. The average molecular weight is 1820 g/mol. The summed E-state index contributed by atoms with van der Waals surface area (Å²) in [4.78, 5) is 0. The fourth-order valence-electron chi connectivity index (χ4n) is 23.4. The van der Waals surface area contributed by atoms with E-state index < -0.39 is 0 Å². The molecule has 0 bridgehead atoms. The molecule has 0 aliphatic rings. The maximum absolute atomic E-state index is 2.43. The van der Waals surface area contributed by atoms with Gasteiger partial charge in [-0.25, -0.2) is 0 Å². The Morgan fingerprint density at radius 2 is 0.299 bits per heavy atom. The Labute approximate surface area is 834 Å². The van der Waals surface area contributed by atoms with Gasteiger partial charge in [0.25, 0.3) is 0 Å². The third-order valence-electron chi connectivity index (χ3n) is 30.1. The van der Waals surface area contributed by atoms with Crippen molar-refractivity contribution in [1.82, 2.24) is 0 Å². The van der Waals surface area contributed by atoms with Crippen LogP contribution in [0.1, 0.15) is 0 Å². The fourth-order valence-corrected chi connectivity index (χ4v) is 23.4. The van der Waals surface area contributed by atoms with Crippen LogP contribution in [0.3, 0.4) is 0 Å². The van der Waals surface area contributed by atoms with Gasteiger partial charge in [-0.3, -0.25) is 0 Å². The van der Waals surface area contributed by atoms with E-state index >= 15 is 0 Å². The molecule has 0 fully saturated rings. The Bertz CT molecular complexity index is 10200. The molecule has 0 amide bonds. The summed E-state index contributed by atoms with van der Waals surface area (Å²) < 4.78 is 0. The Morgan fingerprint density at radius 1 is 0.0694 bits per heavy atom. The Hall–Kier alpha value is -18.7. The molecule has 30 rings (SSSR count). The average Bonchev–Trinajstić information content (AvgIpc) is 0.713. The van der Waals surface area contributed by atoms with Crippen LogP contribution in [0.4, 0.5) is 0 Å². The van der Waals surface area contributed by atoms with Crippen LogP contribution in [0.25, 0.3) is 283 Å². The number of benzene rings is 30. The van der Waals surface area contributed by atoms with Crippen LogP contribution in [-0.4, -0.2) is 0 Å². The van der Waals surface area contributed by atoms with Crippen molar-refractivity contribution < 1.29 is 0 Å². The minimum Gasteiger partial charge on any atom is -0.0622 e. The summed E-state index contributed by atoms with van der Waals surface area (Å²) in [5.41, 5.74) is 20.0. The number of hydrogen-bond acceptors (Lipinski definition) is 0. The third kappa shape index (κ3) is 14.9. The van der Waals surface area contributed by atoms with Gasteiger partial charge in [0.1, 0.15) is 0 Å². The molecule has 0 N–H and O–H groups in total. The maximum atomic E-state index is 2.43. The zero-order valence-electron chi connectivity index (χ0n) is 79.1. The van der Waals surface area contributed by atoms with Crippen LogP contribution in [0.2, 0.25) is 0 Å². The van der Waals surface area contributed by atoms with Crippen LogP contribution in [0.5, 0.6) is 0 Å². The van der Waals surface area contributed by atoms with Gasteiger partial charge in [0.2, 0.25) is 0 Å². The van der Waals surface area contributed by atoms with Gasteiger partial charge in [0, 0.05) is 0 Å². The van der Waals surface area contributed by atoms with E-state index in [2.05, 4.69) is 558 Å². The van der Waals surface area contributed by atoms with Crippen LogP contribution < -0.4 is 0 Å². The van der Waals surface area contributed by atoms with Crippen LogP contribution >= 0.6 is 0 Å². The predicted molar refractivity (Wildman–Crippen MR) is 624 cm³/mol. The van der Waals surface area contributed by atoms with Gasteiger partial charge in [-0.2, -0.15) is 0 Å². The Morgan fingerprint density at radius 3 is 0.757 bits per heavy atom. The van der Waals surface area contributed by atoms with E-state index in [1.54, 1.807) is 0 Å². The molecule has 0 unspecified atom stereocenters. The Kier molecular flexibility index (Phi) is 21.1. The summed E-state index contributed by atoms with van der Waals surface area (Å²) in [6.07, 6.45) is 0. The summed E-state index contributed by atoms with van der Waals surface area (Å²) in [5.74, 6) is 0. The van der Waals surface area contributed by atoms with Gasteiger partial charge in [-0.1, -0.05) is 504 Å². The highest BCUT2D eigenvalue weighted by Gasteiger charge is 2.23. The van der Waals surface area contributed by atoms with E-state index in [1.165, 1.54) is 283 Å². The molecule has 0 spiro atoms. The molecule has 30 aromatic rings. The fraction of sp³-hybridized carbons (Fsp3) is 0. The predicted octanol–water partition coefficient (Wildman–Crippen LogP) is 40.8. The SMILES string of the molecule is c1ccc(-c2cccc(-c3cc4c5ccccc5c5c6ccccc6ccc5c4c4ccccc34)c2)cc1.c1ccc(-c2cccc(-c3cc4c5ccccc5c5cc6ccccc6cc5c4c4ccccc34)c2)cc1.c1ccc(-c2cccc(-c3cc4c5ccccc5c5ccccc5c4c4ccccc34)c2)cc1.c1ccc2c(-c3ccc(-c4ccc5ccc6c7ccccc7ccc6c5c4)cc3)cccc2c1. The zero-order valence-corrected chi connectivity index (χ0v) is 79.1. The lowest BCUT2D eigenvalue weighted by molar-refractivity contribution is 1.61. The summed E-state index contributed by atoms with van der Waals surface area (Å²) >= 11 is 0. The van der Waals surface area contributed by atoms with Crippen molar-refractivity contribution in [3.63, 3.8) is 0 Å². The van der Waals surface area contributed by atoms with Crippen LogP contribution in [-0.2, 0) is 0 Å². The molecule has 0 saturated carbocycles. The lowest BCUT2D eigenvalue weighted by Gasteiger charge is -2.17. The van der Waals surface area contributed by atoms with Crippen molar-refractivity contribution in [2.24, 2.45) is 0 Å². The van der Waals surface area contributed by atoms with E-state index in [0.29, 0.717) is 0 Å². The molecular weight excluding hydrogens is 1730 g/mol. The third-order valence-corrected chi connectivity index (χ3v) is 30.1. The van der Waals surface area contributed by atoms with Crippen LogP contribution in [0, 0.1) is 0 Å². The first-order chi connectivity index (χ1) is 71.4. The molecule has 0 aliphatic heterocycles. The number of hydrogen-bond donors (Lipinski definition) is 0. The first kappa shape index (κ1) is 84.6. The molecule has 668 valence electrons. The van der Waals surface area contributed by atoms with E-state index in [9.17, 15) is 0 Å². The molecule has 0 nitrogen and oxygen atoms in total. The van der Waals surface area contributed by atoms with Gasteiger partial charge in [0.05, 0.1) is 0 Å². The zero-order chi connectivity index (χ0) is 95.1. The quantitative estimate of drug-likeness (QED) is 0.105. The van der Waals surface area contributed by atoms with Gasteiger partial charge < -0.3 is 0 Å². The minimum absolute atomic E-state index is 1.24. The Balaban J connectivity index is 0.0000000957. The lowest BCUT2D eigenvalue weighted by atomic mass is 9.86. The van der Waals surface area contributed by atoms with E-state index in [1.807, 2.05) is 0 Å². The number of fused-ring (bicyclic) bond motifs is 33. The van der Waals surface area contributed by atoms with Crippen molar-refractivity contribution in [1.29, 1.82) is 0 Å². The number of rotatable bonds is 8. The standard InChI is InChI=1S/2C38H24.2C34H22/c1-2-11-25(12-3-1)27-14-10-15-28(23-27)35-24-36-31-18-7-9-20-33(31)37-29-16-5-4-13-26(29)21-22-34(37)38(36)32-19-8-6-17-30(32)35;1-2-11-25(12-3-1)26-15-10-16-29(21-26)34-24-37-31-18-7-6-17-30(31)35-22-27-13-4-5-14-28(27)23-36(35)38(37)33-20-9-8-19-32(33)34;1-3-9-29-24(6-1)8-5-11-30(29)26-14-12-23(13-15-26)28-17-16-27-19-20-32-31-10-4-2-7-25(31)18-21-33(32)34(27)22-28;1-2-11-23(12-3-1)24-13-10-14-25(21-24)32-22-33-28-17-5-4-15-26(28)27-16-6-8-19-30(27)34(33)31-20-9-7-18-29(31)32/h2*1-24H;2*1-22H. The van der Waals surface area contributed by atoms with Crippen molar-refractivity contribution in [3.05, 3.63) is 558 Å². The molecule has 30 aromatic carbocycles. The van der Waals surface area contributed by atoms with E-state index in [-0.39, 0.29) is 0 Å². The smallest absolute Gasteiger partial charge is 0.00197 e. The highest BCUT2D eigenvalue weighted by molar-refractivity contribution is 6.39. The minimum atomic E-state index is 1.24. The monoisotopic (exact) mass is 1820 g/mol. The van der Waals surface area contributed by atoms with Crippen molar-refractivity contribution >= 4 is 194 Å². The molecule has 0 radical (unpaired) electrons. The molecule has 0 heteroatoms. The second-order valence-corrected chi connectivity index (χ2v) is 38.1. The largest absolute Gasteiger partial charge is 0.0622 e. The molecule has 0 aliphatic carbocycles. The highest BCUT2D eigenvalue weighted by Crippen LogP contribution is 2.50. The van der Waals surface area contributed by atoms with Gasteiger partial charge >= 0.3 is 0 Å². The second kappa shape index (κ2) is 35.9. The normalized spacial score (nSPS) is 11.6. The second-order valence-electron chi connectivity index (χ2n) is 38.1. The topological polar surface area (TPSA) is 0 Å². The summed E-state index contributed by atoms with van der Waals surface area (Å²) in [5, 5.41) is 47.0. The van der Waals surface area contributed by atoms with Crippen molar-refractivity contribution in [2.45, 2.75) is 0 Å². The molecule has 0 aromatic heterocycles. The lowest BCUT2D eigenvalue weighted by Crippen LogP contribution is -1.90. The van der Waals surface area contributed by atoms with Crippen molar-refractivity contribution in [2.75, 3.05) is 0 Å². The van der Waals surface area contributed by atoms with E-state index in [4.69, 9.17) is 0 Å². The van der Waals surface area contributed by atoms with Gasteiger partial charge in [0.15, 0.2) is 0 Å². The van der Waals surface area contributed by atoms with Crippen molar-refractivity contribution in [3.8, 4) is 89.0 Å². The molecule has 0 heterocycles. The van der Waals surface area contributed by atoms with Crippen LogP contribution in [0.15, 0.2) is 558 Å². The van der Waals surface area contributed by atoms with Gasteiger partial charge in [-0.05, 0) is 338 Å². The van der Waals surface area contributed by atoms with Gasteiger partial charge in [-0.15, -0.1) is 0 Å². The highest BCUT2D eigenvalue weighted by atomic mass is 14.3. The summed E-state index contributed by atoms with van der Waals surface area (Å²) in [6, 6.07) is 204. The van der Waals surface area contributed by atoms with E-state index in [0.717, 1.165) is 0 Å². The molecule has 0 saturated heterocycles. The first-order valence-electron chi connectivity index (χ1n) is 50.0.